The number of halogens is 1. The molecule has 2 unspecified atom stereocenters. The summed E-state index contributed by atoms with van der Waals surface area (Å²) < 4.78 is 1.92. The molecular formula is C18H23ClN2. The molecule has 0 amide bonds. The molecule has 1 aliphatic carbocycles. The molecule has 112 valence electrons. The number of alkyl halides is 1. The van der Waals surface area contributed by atoms with Gasteiger partial charge in [-0.2, -0.15) is 5.10 Å². The van der Waals surface area contributed by atoms with Gasteiger partial charge in [0.05, 0.1) is 17.3 Å². The van der Waals surface area contributed by atoms with Gasteiger partial charge < -0.3 is 0 Å². The van der Waals surface area contributed by atoms with Crippen molar-refractivity contribution in [1.82, 2.24) is 9.78 Å². The zero-order chi connectivity index (χ0) is 14.9. The first-order chi connectivity index (χ1) is 10.1. The fraction of sp³-hybridized carbons (Fsp3) is 0.500. The molecular weight excluding hydrogens is 280 g/mol. The van der Waals surface area contributed by atoms with Crippen molar-refractivity contribution in [2.24, 2.45) is 11.3 Å². The summed E-state index contributed by atoms with van der Waals surface area (Å²) in [6.45, 7) is 4.71. The number of aromatic nitrogens is 2. The Morgan fingerprint density at radius 1 is 1.24 bits per heavy atom. The van der Waals surface area contributed by atoms with Gasteiger partial charge in [-0.1, -0.05) is 44.9 Å². The molecule has 0 aliphatic heterocycles. The minimum absolute atomic E-state index is 0.0535. The van der Waals surface area contributed by atoms with Gasteiger partial charge >= 0.3 is 0 Å². The monoisotopic (exact) mass is 302 g/mol. The van der Waals surface area contributed by atoms with Crippen LogP contribution in [0.25, 0.3) is 5.69 Å². The number of hydrogen-bond acceptors (Lipinski definition) is 1. The summed E-state index contributed by atoms with van der Waals surface area (Å²) >= 11 is 6.82. The first-order valence-corrected chi connectivity index (χ1v) is 8.26. The molecule has 1 aliphatic rings. The van der Waals surface area contributed by atoms with Gasteiger partial charge in [0, 0.05) is 11.8 Å². The van der Waals surface area contributed by atoms with Crippen LogP contribution < -0.4 is 0 Å². The van der Waals surface area contributed by atoms with E-state index in [1.807, 2.05) is 29.1 Å². The second-order valence-corrected chi connectivity index (χ2v) is 7.27. The molecule has 3 rings (SSSR count). The Hall–Kier alpha value is -1.28. The van der Waals surface area contributed by atoms with Crippen molar-refractivity contribution in [3.8, 4) is 5.69 Å². The third kappa shape index (κ3) is 3.01. The molecule has 2 atom stereocenters. The van der Waals surface area contributed by atoms with Crippen LogP contribution in [0.3, 0.4) is 0 Å². The maximum Gasteiger partial charge on any atom is 0.0649 e. The maximum absolute atomic E-state index is 6.82. The van der Waals surface area contributed by atoms with Crippen LogP contribution in [-0.2, 0) is 0 Å². The van der Waals surface area contributed by atoms with Crippen molar-refractivity contribution in [3.63, 3.8) is 0 Å². The van der Waals surface area contributed by atoms with Crippen molar-refractivity contribution in [2.75, 3.05) is 0 Å². The Morgan fingerprint density at radius 2 is 2.00 bits per heavy atom. The highest BCUT2D eigenvalue weighted by Crippen LogP contribution is 2.49. The highest BCUT2D eigenvalue weighted by atomic mass is 35.5. The van der Waals surface area contributed by atoms with Gasteiger partial charge in [-0.15, -0.1) is 11.6 Å². The highest BCUT2D eigenvalue weighted by molar-refractivity contribution is 6.21. The van der Waals surface area contributed by atoms with Crippen LogP contribution in [0.1, 0.15) is 50.5 Å². The molecule has 0 N–H and O–H groups in total. The predicted molar refractivity (Wildman–Crippen MR) is 87.9 cm³/mol. The van der Waals surface area contributed by atoms with Crippen LogP contribution in [0, 0.1) is 11.3 Å². The highest BCUT2D eigenvalue weighted by Gasteiger charge is 2.37. The van der Waals surface area contributed by atoms with Crippen LogP contribution in [0.2, 0.25) is 0 Å². The van der Waals surface area contributed by atoms with Gasteiger partial charge in [0.15, 0.2) is 0 Å². The van der Waals surface area contributed by atoms with Gasteiger partial charge in [0.1, 0.15) is 0 Å². The smallest absolute Gasteiger partial charge is 0.0649 e. The molecule has 0 bridgehead atoms. The molecule has 1 aromatic heterocycles. The van der Waals surface area contributed by atoms with E-state index < -0.39 is 0 Å². The summed E-state index contributed by atoms with van der Waals surface area (Å²) in [6, 6.07) is 10.2. The molecule has 1 fully saturated rings. The fourth-order valence-corrected chi connectivity index (χ4v) is 4.08. The van der Waals surface area contributed by atoms with Crippen molar-refractivity contribution in [1.29, 1.82) is 0 Å². The topological polar surface area (TPSA) is 17.8 Å². The number of hydrogen-bond donors (Lipinski definition) is 0. The number of para-hydroxylation sites is 1. The normalized spacial score (nSPS) is 22.9. The second kappa shape index (κ2) is 5.84. The summed E-state index contributed by atoms with van der Waals surface area (Å²) in [6.07, 6.45) is 9.12. The van der Waals surface area contributed by atoms with E-state index in [-0.39, 0.29) is 5.38 Å². The zero-order valence-electron chi connectivity index (χ0n) is 12.8. The van der Waals surface area contributed by atoms with Crippen LogP contribution in [0.5, 0.6) is 0 Å². The molecule has 1 saturated carbocycles. The molecule has 2 aromatic rings. The standard InChI is InChI=1S/C18H23ClN2/c1-18(2)11-7-6-10-16(18)17(19)14-12-20-21(13-14)15-8-4-3-5-9-15/h3-5,8-9,12-13,16-17H,6-7,10-11H2,1-2H3. The molecule has 0 radical (unpaired) electrons. The number of benzene rings is 1. The van der Waals surface area contributed by atoms with Crippen molar-refractivity contribution in [3.05, 3.63) is 48.3 Å². The van der Waals surface area contributed by atoms with E-state index >= 15 is 0 Å². The molecule has 0 spiro atoms. The lowest BCUT2D eigenvalue weighted by molar-refractivity contribution is 0.133. The molecule has 0 saturated heterocycles. The van der Waals surface area contributed by atoms with E-state index in [0.29, 0.717) is 11.3 Å². The van der Waals surface area contributed by atoms with Crippen molar-refractivity contribution in [2.45, 2.75) is 44.9 Å². The fourth-order valence-electron chi connectivity index (χ4n) is 3.50. The summed E-state index contributed by atoms with van der Waals surface area (Å²) in [5.74, 6) is 0.529. The molecule has 2 nitrogen and oxygen atoms in total. The van der Waals surface area contributed by atoms with Gasteiger partial charge in [0.2, 0.25) is 0 Å². The van der Waals surface area contributed by atoms with Gasteiger partial charge in [0.25, 0.3) is 0 Å². The molecule has 1 heterocycles. The average molecular weight is 303 g/mol. The van der Waals surface area contributed by atoms with E-state index in [0.717, 1.165) is 11.3 Å². The van der Waals surface area contributed by atoms with Gasteiger partial charge in [-0.05, 0) is 36.3 Å². The van der Waals surface area contributed by atoms with Crippen LogP contribution in [0.15, 0.2) is 42.7 Å². The lowest BCUT2D eigenvalue weighted by Crippen LogP contribution is -2.30. The Bertz CT molecular complexity index is 588. The minimum Gasteiger partial charge on any atom is -0.241 e. The lowest BCUT2D eigenvalue weighted by Gasteiger charge is -2.41. The summed E-state index contributed by atoms with van der Waals surface area (Å²) in [5, 5.41) is 4.54. The third-order valence-corrected chi connectivity index (χ3v) is 5.44. The van der Waals surface area contributed by atoms with E-state index in [9.17, 15) is 0 Å². The van der Waals surface area contributed by atoms with E-state index in [1.54, 1.807) is 0 Å². The Kier molecular flexibility index (Phi) is 4.08. The maximum atomic E-state index is 6.82. The Morgan fingerprint density at radius 3 is 2.71 bits per heavy atom. The lowest BCUT2D eigenvalue weighted by atomic mass is 9.67. The minimum atomic E-state index is 0.0535. The zero-order valence-corrected chi connectivity index (χ0v) is 13.6. The Balaban J connectivity index is 1.82. The number of rotatable bonds is 3. The van der Waals surface area contributed by atoms with Gasteiger partial charge in [-0.3, -0.25) is 0 Å². The molecule has 3 heteroatoms. The van der Waals surface area contributed by atoms with Crippen molar-refractivity contribution < 1.29 is 0 Å². The molecule has 21 heavy (non-hydrogen) atoms. The van der Waals surface area contributed by atoms with E-state index in [2.05, 4.69) is 37.3 Å². The summed E-state index contributed by atoms with van der Waals surface area (Å²) in [5.41, 5.74) is 2.54. The second-order valence-electron chi connectivity index (χ2n) is 6.80. The largest absolute Gasteiger partial charge is 0.241 e. The van der Waals surface area contributed by atoms with E-state index in [4.69, 9.17) is 11.6 Å². The first kappa shape index (κ1) is 14.6. The SMILES string of the molecule is CC1(C)CCCCC1C(Cl)c1cnn(-c2ccccc2)c1. The van der Waals surface area contributed by atoms with Crippen LogP contribution in [-0.4, -0.2) is 9.78 Å². The third-order valence-electron chi connectivity index (χ3n) is 4.89. The predicted octanol–water partition coefficient (Wildman–Crippen LogP) is 5.37. The van der Waals surface area contributed by atoms with Gasteiger partial charge in [-0.25, -0.2) is 4.68 Å². The van der Waals surface area contributed by atoms with Crippen LogP contribution >= 0.6 is 11.6 Å². The van der Waals surface area contributed by atoms with Crippen LogP contribution in [0.4, 0.5) is 0 Å². The quantitative estimate of drug-likeness (QED) is 0.697. The molecule has 1 aromatic carbocycles. The van der Waals surface area contributed by atoms with E-state index in [1.165, 1.54) is 25.7 Å². The number of nitrogens with zero attached hydrogens (tertiary/aromatic N) is 2. The Labute approximate surface area is 132 Å². The van der Waals surface area contributed by atoms with Crippen molar-refractivity contribution >= 4 is 11.6 Å². The average Bonchev–Trinajstić information content (AvgIpc) is 2.97. The first-order valence-electron chi connectivity index (χ1n) is 7.82. The summed E-state index contributed by atoms with van der Waals surface area (Å²) in [7, 11) is 0. The summed E-state index contributed by atoms with van der Waals surface area (Å²) in [4.78, 5) is 0.